The van der Waals surface area contributed by atoms with Gasteiger partial charge in [-0.05, 0) is 27.7 Å². The molecule has 0 spiro atoms. The fourth-order valence-corrected chi connectivity index (χ4v) is 1.26. The molecule has 0 aromatic carbocycles. The number of hydrogen-bond donors (Lipinski definition) is 3. The van der Waals surface area contributed by atoms with Crippen LogP contribution < -0.4 is 16.0 Å². The molecule has 1 heterocycles. The van der Waals surface area contributed by atoms with Gasteiger partial charge in [0.05, 0.1) is 12.3 Å². The van der Waals surface area contributed by atoms with Crippen LogP contribution in [0.5, 0.6) is 0 Å². The summed E-state index contributed by atoms with van der Waals surface area (Å²) in [6.07, 6.45) is -0.194. The van der Waals surface area contributed by atoms with Crippen LogP contribution in [0.25, 0.3) is 0 Å². The first kappa shape index (κ1) is 11.3. The van der Waals surface area contributed by atoms with Gasteiger partial charge in [-0.3, -0.25) is 10.6 Å². The molecule has 2 unspecified atom stereocenters. The summed E-state index contributed by atoms with van der Waals surface area (Å²) in [5, 5.41) is 9.03. The maximum Gasteiger partial charge on any atom is 0.408 e. The van der Waals surface area contributed by atoms with Gasteiger partial charge in [-0.1, -0.05) is 0 Å². The molecule has 82 valence electrons. The van der Waals surface area contributed by atoms with Crippen LogP contribution >= 0.6 is 0 Å². The molecule has 0 aliphatic carbocycles. The summed E-state index contributed by atoms with van der Waals surface area (Å²) in [5.74, 6) is 0. The average molecular weight is 201 g/mol. The molecule has 1 aliphatic rings. The molecule has 0 aromatic rings. The van der Waals surface area contributed by atoms with Gasteiger partial charge in [-0.15, -0.1) is 0 Å². The van der Waals surface area contributed by atoms with Gasteiger partial charge in [0.15, 0.2) is 0 Å². The van der Waals surface area contributed by atoms with E-state index in [4.69, 9.17) is 4.74 Å². The van der Waals surface area contributed by atoms with E-state index in [9.17, 15) is 4.79 Å². The highest BCUT2D eigenvalue weighted by molar-refractivity contribution is 5.68. The lowest BCUT2D eigenvalue weighted by molar-refractivity contribution is 0.0502. The molecule has 0 bridgehead atoms. The first-order valence-corrected chi connectivity index (χ1v) is 4.86. The molecule has 1 saturated heterocycles. The minimum absolute atomic E-state index is 0.0418. The Labute approximate surface area is 84.6 Å². The predicted molar refractivity (Wildman–Crippen MR) is 53.8 cm³/mol. The van der Waals surface area contributed by atoms with Crippen molar-refractivity contribution in [3.63, 3.8) is 0 Å². The van der Waals surface area contributed by atoms with Crippen LogP contribution in [-0.2, 0) is 4.74 Å². The fraction of sp³-hybridized carbons (Fsp3) is 0.889. The second kappa shape index (κ2) is 4.14. The van der Waals surface area contributed by atoms with Crippen LogP contribution in [0, 0.1) is 0 Å². The average Bonchev–Trinajstić information content (AvgIpc) is 2.30. The van der Waals surface area contributed by atoms with E-state index in [0.717, 1.165) is 6.54 Å². The number of rotatable bonds is 1. The quantitative estimate of drug-likeness (QED) is 0.574. The molecule has 1 aliphatic heterocycles. The van der Waals surface area contributed by atoms with E-state index in [1.54, 1.807) is 0 Å². The molecule has 1 rings (SSSR count). The van der Waals surface area contributed by atoms with Crippen molar-refractivity contribution in [3.05, 3.63) is 0 Å². The van der Waals surface area contributed by atoms with Gasteiger partial charge in [0.25, 0.3) is 0 Å². The van der Waals surface area contributed by atoms with Gasteiger partial charge in [0.1, 0.15) is 5.60 Å². The molecule has 2 atom stereocenters. The van der Waals surface area contributed by atoms with Crippen LogP contribution in [-0.4, -0.2) is 30.6 Å². The van der Waals surface area contributed by atoms with E-state index >= 15 is 0 Å². The van der Waals surface area contributed by atoms with E-state index in [0.29, 0.717) is 0 Å². The lowest BCUT2D eigenvalue weighted by atomic mass is 10.2. The molecule has 5 nitrogen and oxygen atoms in total. The molecule has 0 saturated carbocycles. The predicted octanol–water partition coefficient (Wildman–Crippen LogP) is 0.376. The Morgan fingerprint density at radius 1 is 1.50 bits per heavy atom. The molecule has 5 heteroatoms. The molecule has 14 heavy (non-hydrogen) atoms. The number of amides is 1. The van der Waals surface area contributed by atoms with Gasteiger partial charge in [0.2, 0.25) is 0 Å². The van der Waals surface area contributed by atoms with Crippen molar-refractivity contribution in [2.24, 2.45) is 0 Å². The van der Waals surface area contributed by atoms with Crippen molar-refractivity contribution in [2.75, 3.05) is 6.54 Å². The van der Waals surface area contributed by atoms with Crippen molar-refractivity contribution >= 4 is 6.09 Å². The zero-order chi connectivity index (χ0) is 10.8. The Hall–Kier alpha value is -0.810. The molecule has 0 radical (unpaired) electrons. The highest BCUT2D eigenvalue weighted by atomic mass is 16.6. The monoisotopic (exact) mass is 201 g/mol. The zero-order valence-electron chi connectivity index (χ0n) is 9.18. The van der Waals surface area contributed by atoms with Crippen LogP contribution in [0.3, 0.4) is 0 Å². The van der Waals surface area contributed by atoms with Crippen LogP contribution in [0.15, 0.2) is 0 Å². The summed E-state index contributed by atoms with van der Waals surface area (Å²) < 4.78 is 5.12. The van der Waals surface area contributed by atoms with Crippen LogP contribution in [0.1, 0.15) is 27.7 Å². The van der Waals surface area contributed by atoms with Gasteiger partial charge >= 0.3 is 6.09 Å². The summed E-state index contributed by atoms with van der Waals surface area (Å²) in [5.41, 5.74) is -0.443. The number of ether oxygens (including phenoxy) is 1. The number of carbonyl (C=O) groups excluding carboxylic acids is 1. The van der Waals surface area contributed by atoms with E-state index in [-0.39, 0.29) is 18.4 Å². The Kier molecular flexibility index (Phi) is 3.34. The van der Waals surface area contributed by atoms with E-state index in [2.05, 4.69) is 16.0 Å². The fourth-order valence-electron chi connectivity index (χ4n) is 1.26. The lowest BCUT2D eigenvalue weighted by Crippen LogP contribution is -2.46. The van der Waals surface area contributed by atoms with Gasteiger partial charge < -0.3 is 10.1 Å². The van der Waals surface area contributed by atoms with Crippen molar-refractivity contribution in [2.45, 2.75) is 45.6 Å². The van der Waals surface area contributed by atoms with Crippen molar-refractivity contribution in [1.29, 1.82) is 0 Å². The Morgan fingerprint density at radius 3 is 2.57 bits per heavy atom. The third kappa shape index (κ3) is 3.93. The molecular formula is C9H19N3O2. The Bertz CT molecular complexity index is 213. The van der Waals surface area contributed by atoms with Gasteiger partial charge in [-0.2, -0.15) is 0 Å². The minimum Gasteiger partial charge on any atom is -0.444 e. The van der Waals surface area contributed by atoms with E-state index in [1.165, 1.54) is 0 Å². The largest absolute Gasteiger partial charge is 0.444 e. The van der Waals surface area contributed by atoms with Crippen molar-refractivity contribution in [3.8, 4) is 0 Å². The first-order valence-electron chi connectivity index (χ1n) is 4.86. The Balaban J connectivity index is 2.27. The van der Waals surface area contributed by atoms with Crippen molar-refractivity contribution in [1.82, 2.24) is 16.0 Å². The number of alkyl carbamates (subject to hydrolysis) is 1. The standard InChI is InChI=1S/C9H19N3O2/c1-6-10-5-7(11-6)12-8(13)14-9(2,3)4/h6-7,10-11H,5H2,1-4H3,(H,12,13). The van der Waals surface area contributed by atoms with Gasteiger partial charge in [-0.25, -0.2) is 4.79 Å². The van der Waals surface area contributed by atoms with E-state index in [1.807, 2.05) is 27.7 Å². The summed E-state index contributed by atoms with van der Waals surface area (Å²) >= 11 is 0. The molecule has 0 aromatic heterocycles. The molecule has 3 N–H and O–H groups in total. The summed E-state index contributed by atoms with van der Waals surface area (Å²) in [7, 11) is 0. The first-order chi connectivity index (χ1) is 6.37. The second-order valence-corrected chi connectivity index (χ2v) is 4.50. The third-order valence-electron chi connectivity index (χ3n) is 1.77. The molecule has 1 fully saturated rings. The smallest absolute Gasteiger partial charge is 0.408 e. The summed E-state index contributed by atoms with van der Waals surface area (Å²) in [6, 6.07) is 0. The second-order valence-electron chi connectivity index (χ2n) is 4.50. The highest BCUT2D eigenvalue weighted by Crippen LogP contribution is 2.06. The number of nitrogens with one attached hydrogen (secondary N) is 3. The lowest BCUT2D eigenvalue weighted by Gasteiger charge is -2.21. The van der Waals surface area contributed by atoms with Crippen LogP contribution in [0.4, 0.5) is 4.79 Å². The summed E-state index contributed by atoms with van der Waals surface area (Å²) in [6.45, 7) is 8.25. The molecule has 1 amide bonds. The molecular weight excluding hydrogens is 182 g/mol. The summed E-state index contributed by atoms with van der Waals surface area (Å²) in [4.78, 5) is 11.3. The highest BCUT2D eigenvalue weighted by Gasteiger charge is 2.23. The maximum absolute atomic E-state index is 11.3. The normalized spacial score (nSPS) is 27.4. The van der Waals surface area contributed by atoms with Crippen molar-refractivity contribution < 1.29 is 9.53 Å². The van der Waals surface area contributed by atoms with E-state index < -0.39 is 5.60 Å². The third-order valence-corrected chi connectivity index (χ3v) is 1.77. The Morgan fingerprint density at radius 2 is 2.14 bits per heavy atom. The number of hydrogen-bond acceptors (Lipinski definition) is 4. The minimum atomic E-state index is -0.443. The van der Waals surface area contributed by atoms with Crippen LogP contribution in [0.2, 0.25) is 0 Å². The SMILES string of the molecule is CC1NCC(NC(=O)OC(C)(C)C)N1. The van der Waals surface area contributed by atoms with Gasteiger partial charge in [0, 0.05) is 6.54 Å². The zero-order valence-corrected chi connectivity index (χ0v) is 9.18. The number of carbonyl (C=O) groups is 1. The maximum atomic E-state index is 11.3. The topological polar surface area (TPSA) is 62.4 Å².